The molecule has 11 heteroatoms. The van der Waals surface area contributed by atoms with Gasteiger partial charge in [0.05, 0.1) is 11.1 Å². The Kier molecular flexibility index (Phi) is 8.71. The van der Waals surface area contributed by atoms with E-state index in [2.05, 4.69) is 32.1 Å². The van der Waals surface area contributed by atoms with Gasteiger partial charge in [0.2, 0.25) is 16.0 Å². The van der Waals surface area contributed by atoms with Gasteiger partial charge in [-0.3, -0.25) is 4.90 Å². The lowest BCUT2D eigenvalue weighted by molar-refractivity contribution is 0.148. The molecule has 2 aliphatic heterocycles. The summed E-state index contributed by atoms with van der Waals surface area (Å²) >= 11 is 0. The highest BCUT2D eigenvalue weighted by Gasteiger charge is 2.31. The number of rotatable bonds is 7. The van der Waals surface area contributed by atoms with Gasteiger partial charge in [-0.1, -0.05) is 19.6 Å². The van der Waals surface area contributed by atoms with Crippen molar-refractivity contribution < 1.29 is 17.2 Å². The molecule has 0 unspecified atom stereocenters. The van der Waals surface area contributed by atoms with E-state index in [-0.39, 0.29) is 29.5 Å². The molecule has 0 saturated carbocycles. The topological polar surface area (TPSA) is 81.7 Å². The van der Waals surface area contributed by atoms with Crippen LogP contribution >= 0.6 is 0 Å². The Bertz CT molecular complexity index is 1360. The van der Waals surface area contributed by atoms with Crippen molar-refractivity contribution in [2.75, 3.05) is 51.6 Å². The van der Waals surface area contributed by atoms with Gasteiger partial charge in [0, 0.05) is 57.1 Å². The maximum absolute atomic E-state index is 14.9. The fourth-order valence-electron chi connectivity index (χ4n) is 4.68. The molecule has 2 aromatic carbocycles. The number of likely N-dealkylation sites (N-methyl/N-ethyl adjacent to an activating group) is 1. The largest absolute Gasteiger partial charge is 0.324 e. The summed E-state index contributed by atoms with van der Waals surface area (Å²) in [6.45, 7) is 5.73. The summed E-state index contributed by atoms with van der Waals surface area (Å²) < 4.78 is 56.8. The van der Waals surface area contributed by atoms with Gasteiger partial charge in [0.1, 0.15) is 11.5 Å². The first-order valence-corrected chi connectivity index (χ1v) is 13.8. The van der Waals surface area contributed by atoms with Crippen molar-refractivity contribution in [3.63, 3.8) is 0 Å². The van der Waals surface area contributed by atoms with Gasteiger partial charge in [-0.15, -0.1) is 0 Å². The fourth-order valence-corrected chi connectivity index (χ4v) is 6.40. The van der Waals surface area contributed by atoms with Crippen LogP contribution in [0.3, 0.4) is 0 Å². The minimum Gasteiger partial charge on any atom is -0.324 e. The number of piperazine rings is 1. The number of benzene rings is 2. The molecule has 204 valence electrons. The second-order valence-electron chi connectivity index (χ2n) is 9.54. The van der Waals surface area contributed by atoms with Crippen molar-refractivity contribution in [3.05, 3.63) is 65.9 Å². The molecule has 5 rings (SSSR count). The van der Waals surface area contributed by atoms with Crippen molar-refractivity contribution in [2.24, 2.45) is 0 Å². The Labute approximate surface area is 223 Å². The minimum absolute atomic E-state index is 0. The molecule has 1 aromatic heterocycles. The molecular formula is C27H34F2N6O2S. The number of hydrogen-bond acceptors (Lipinski definition) is 7. The van der Waals surface area contributed by atoms with E-state index in [0.29, 0.717) is 18.8 Å². The van der Waals surface area contributed by atoms with E-state index in [1.54, 1.807) is 0 Å². The molecule has 1 N–H and O–H groups in total. The highest BCUT2D eigenvalue weighted by molar-refractivity contribution is 7.89. The Morgan fingerprint density at radius 1 is 0.947 bits per heavy atom. The maximum atomic E-state index is 14.9. The molecule has 0 amide bonds. The number of nitrogens with zero attached hydrogens (tertiary/aromatic N) is 5. The smallest absolute Gasteiger partial charge is 0.243 e. The maximum Gasteiger partial charge on any atom is 0.243 e. The van der Waals surface area contributed by atoms with Crippen molar-refractivity contribution in [3.8, 4) is 11.3 Å². The van der Waals surface area contributed by atoms with Crippen LogP contribution in [0.5, 0.6) is 0 Å². The molecule has 8 nitrogen and oxygen atoms in total. The average Bonchev–Trinajstić information content (AvgIpc) is 3.44. The number of sulfonamides is 1. The summed E-state index contributed by atoms with van der Waals surface area (Å²) in [6, 6.07) is 11.1. The molecule has 0 aliphatic carbocycles. The van der Waals surface area contributed by atoms with Crippen LogP contribution in [0.2, 0.25) is 0 Å². The van der Waals surface area contributed by atoms with E-state index in [0.717, 1.165) is 63.9 Å². The third-order valence-corrected chi connectivity index (χ3v) is 8.78. The van der Waals surface area contributed by atoms with Crippen LogP contribution in [0.4, 0.5) is 20.4 Å². The molecule has 2 saturated heterocycles. The first-order valence-electron chi connectivity index (χ1n) is 12.4. The molecule has 2 fully saturated rings. The summed E-state index contributed by atoms with van der Waals surface area (Å²) in [5.41, 5.74) is 1.68. The van der Waals surface area contributed by atoms with E-state index < -0.39 is 21.7 Å². The first-order chi connectivity index (χ1) is 17.8. The normalized spacial score (nSPS) is 17.3. The summed E-state index contributed by atoms with van der Waals surface area (Å²) in [4.78, 5) is 12.7. The highest BCUT2D eigenvalue weighted by atomic mass is 32.2. The van der Waals surface area contributed by atoms with Crippen LogP contribution < -0.4 is 5.32 Å². The van der Waals surface area contributed by atoms with Crippen molar-refractivity contribution in [2.45, 2.75) is 31.7 Å². The summed E-state index contributed by atoms with van der Waals surface area (Å²) in [5.74, 6) is -1.40. The molecule has 3 aromatic rings. The van der Waals surface area contributed by atoms with E-state index in [1.165, 1.54) is 15.9 Å². The molecule has 0 radical (unpaired) electrons. The summed E-state index contributed by atoms with van der Waals surface area (Å²) in [6.07, 6.45) is 2.45. The Balaban J connectivity index is 0.00000336. The predicted octanol–water partition coefficient (Wildman–Crippen LogP) is 4.33. The predicted molar refractivity (Wildman–Crippen MR) is 145 cm³/mol. The fraction of sp³-hybridized carbons (Fsp3) is 0.407. The van der Waals surface area contributed by atoms with Crippen LogP contribution in [0.15, 0.2) is 53.6 Å². The van der Waals surface area contributed by atoms with Crippen LogP contribution in [0, 0.1) is 11.6 Å². The minimum atomic E-state index is -4.01. The quantitative estimate of drug-likeness (QED) is 0.474. The molecule has 0 bridgehead atoms. The van der Waals surface area contributed by atoms with Gasteiger partial charge >= 0.3 is 0 Å². The van der Waals surface area contributed by atoms with E-state index >= 15 is 0 Å². The molecular weight excluding hydrogens is 510 g/mol. The van der Waals surface area contributed by atoms with Crippen molar-refractivity contribution in [1.29, 1.82) is 0 Å². The average molecular weight is 545 g/mol. The second kappa shape index (κ2) is 11.8. The lowest BCUT2D eigenvalue weighted by Crippen LogP contribution is -2.43. The zero-order valence-electron chi connectivity index (χ0n) is 20.7. The van der Waals surface area contributed by atoms with Gasteiger partial charge in [-0.05, 0) is 55.8 Å². The second-order valence-corrected chi connectivity index (χ2v) is 11.4. The molecule has 2 aliphatic rings. The molecule has 3 heterocycles. The monoisotopic (exact) mass is 544 g/mol. The van der Waals surface area contributed by atoms with Crippen molar-refractivity contribution in [1.82, 2.24) is 24.1 Å². The first kappa shape index (κ1) is 28.0. The molecule has 38 heavy (non-hydrogen) atoms. The zero-order chi connectivity index (χ0) is 26.0. The van der Waals surface area contributed by atoms with Crippen LogP contribution in [0.25, 0.3) is 11.3 Å². The highest BCUT2D eigenvalue weighted by Crippen LogP contribution is 2.32. The van der Waals surface area contributed by atoms with Crippen LogP contribution in [0.1, 0.15) is 25.8 Å². The van der Waals surface area contributed by atoms with E-state index in [1.807, 2.05) is 24.3 Å². The number of nitrogens with one attached hydrogen (secondary N) is 1. The molecule has 0 atom stereocenters. The Hall–Kier alpha value is -2.99. The van der Waals surface area contributed by atoms with Gasteiger partial charge in [0.25, 0.3) is 0 Å². The van der Waals surface area contributed by atoms with Crippen LogP contribution in [-0.4, -0.2) is 78.8 Å². The van der Waals surface area contributed by atoms with Crippen LogP contribution in [-0.2, 0) is 16.6 Å². The zero-order valence-corrected chi connectivity index (χ0v) is 21.5. The lowest BCUT2D eigenvalue weighted by Gasteiger charge is -2.32. The lowest BCUT2D eigenvalue weighted by atomic mass is 10.1. The van der Waals surface area contributed by atoms with Gasteiger partial charge in [-0.2, -0.15) is 4.31 Å². The standard InChI is InChI=1S/C26H30F2N6O2S.CH4/c1-32-12-14-33(15-13-32)18-19-4-7-21(8-5-19)30-26-29-17-23(28)25(31-26)22-9-6-20(27)16-24(22)37(35,36)34-10-2-3-11-34;/h4-9,16-17H,2-3,10-15,18H2,1H3,(H,29,30,31);1H4. The summed E-state index contributed by atoms with van der Waals surface area (Å²) in [5, 5.41) is 3.06. The Morgan fingerprint density at radius 3 is 2.32 bits per heavy atom. The number of halogens is 2. The van der Waals surface area contributed by atoms with Gasteiger partial charge < -0.3 is 10.2 Å². The van der Waals surface area contributed by atoms with Gasteiger partial charge in [0.15, 0.2) is 5.82 Å². The van der Waals surface area contributed by atoms with Crippen molar-refractivity contribution >= 4 is 21.7 Å². The molecule has 0 spiro atoms. The summed E-state index contributed by atoms with van der Waals surface area (Å²) in [7, 11) is -1.88. The van der Waals surface area contributed by atoms with Gasteiger partial charge in [-0.25, -0.2) is 27.2 Å². The third-order valence-electron chi connectivity index (χ3n) is 6.84. The SMILES string of the molecule is C.CN1CCN(Cc2ccc(Nc3ncc(F)c(-c4ccc(F)cc4S(=O)(=O)N4CCCC4)n3)cc2)CC1. The number of hydrogen-bond donors (Lipinski definition) is 1. The Morgan fingerprint density at radius 2 is 1.63 bits per heavy atom. The third kappa shape index (κ3) is 6.17. The number of anilines is 2. The van der Waals surface area contributed by atoms with E-state index in [9.17, 15) is 17.2 Å². The van der Waals surface area contributed by atoms with E-state index in [4.69, 9.17) is 0 Å². The number of aromatic nitrogens is 2.